The number of carbonyl (C=O) groups is 1. The lowest BCUT2D eigenvalue weighted by atomic mass is 10.1. The SMILES string of the molecule is CC(C)NC(=O)/C(C#N)=C\NCCc1cccc(Cl)c1. The van der Waals surface area contributed by atoms with E-state index in [2.05, 4.69) is 10.6 Å². The number of hydrogen-bond acceptors (Lipinski definition) is 3. The van der Waals surface area contributed by atoms with Gasteiger partial charge in [-0.3, -0.25) is 4.79 Å². The lowest BCUT2D eigenvalue weighted by molar-refractivity contribution is -0.117. The summed E-state index contributed by atoms with van der Waals surface area (Å²) in [6.45, 7) is 4.32. The molecule has 1 aromatic carbocycles. The molecule has 1 aromatic rings. The highest BCUT2D eigenvalue weighted by molar-refractivity contribution is 6.30. The Kier molecular flexibility index (Phi) is 6.61. The number of benzene rings is 1. The van der Waals surface area contributed by atoms with E-state index >= 15 is 0 Å². The highest BCUT2D eigenvalue weighted by Crippen LogP contribution is 2.10. The molecule has 5 heteroatoms. The van der Waals surface area contributed by atoms with Gasteiger partial charge >= 0.3 is 0 Å². The van der Waals surface area contributed by atoms with Gasteiger partial charge < -0.3 is 10.6 Å². The topological polar surface area (TPSA) is 64.9 Å². The van der Waals surface area contributed by atoms with Crippen molar-refractivity contribution in [2.45, 2.75) is 26.3 Å². The Morgan fingerprint density at radius 3 is 2.85 bits per heavy atom. The summed E-state index contributed by atoms with van der Waals surface area (Å²) in [6, 6.07) is 9.47. The third kappa shape index (κ3) is 5.77. The molecule has 0 saturated carbocycles. The highest BCUT2D eigenvalue weighted by Gasteiger charge is 2.09. The molecular formula is C15H18ClN3O. The molecule has 20 heavy (non-hydrogen) atoms. The monoisotopic (exact) mass is 291 g/mol. The minimum absolute atomic E-state index is 0.00529. The van der Waals surface area contributed by atoms with Gasteiger partial charge in [-0.1, -0.05) is 23.7 Å². The minimum Gasteiger partial charge on any atom is -0.389 e. The smallest absolute Gasteiger partial charge is 0.263 e. The molecule has 0 bridgehead atoms. The van der Waals surface area contributed by atoms with E-state index in [0.29, 0.717) is 11.6 Å². The minimum atomic E-state index is -0.363. The van der Waals surface area contributed by atoms with Crippen LogP contribution in [0.4, 0.5) is 0 Å². The fraction of sp³-hybridized carbons (Fsp3) is 0.333. The normalized spacial score (nSPS) is 11.1. The molecule has 0 fully saturated rings. The molecule has 0 aliphatic carbocycles. The summed E-state index contributed by atoms with van der Waals surface area (Å²) in [5.41, 5.74) is 1.17. The van der Waals surface area contributed by atoms with Gasteiger partial charge in [0.25, 0.3) is 5.91 Å². The maximum absolute atomic E-state index is 11.6. The number of rotatable bonds is 6. The van der Waals surface area contributed by atoms with Crippen molar-refractivity contribution >= 4 is 17.5 Å². The number of nitrogens with zero attached hydrogens (tertiary/aromatic N) is 1. The molecule has 0 aromatic heterocycles. The van der Waals surface area contributed by atoms with Crippen molar-refractivity contribution in [1.29, 1.82) is 5.26 Å². The maximum Gasteiger partial charge on any atom is 0.263 e. The molecule has 0 radical (unpaired) electrons. The Morgan fingerprint density at radius 1 is 1.50 bits per heavy atom. The largest absolute Gasteiger partial charge is 0.389 e. The first kappa shape index (κ1) is 16.1. The van der Waals surface area contributed by atoms with Crippen LogP contribution < -0.4 is 10.6 Å². The van der Waals surface area contributed by atoms with Crippen molar-refractivity contribution in [2.24, 2.45) is 0 Å². The van der Waals surface area contributed by atoms with Crippen molar-refractivity contribution < 1.29 is 4.79 Å². The Hall–Kier alpha value is -1.99. The number of hydrogen-bond donors (Lipinski definition) is 2. The Balaban J connectivity index is 2.46. The van der Waals surface area contributed by atoms with Crippen LogP contribution in [0.5, 0.6) is 0 Å². The second kappa shape index (κ2) is 8.23. The summed E-state index contributed by atoms with van der Waals surface area (Å²) >= 11 is 5.89. The van der Waals surface area contributed by atoms with Crippen LogP contribution in [0.2, 0.25) is 5.02 Å². The fourth-order valence-corrected chi connectivity index (χ4v) is 1.78. The van der Waals surface area contributed by atoms with E-state index in [-0.39, 0.29) is 17.5 Å². The van der Waals surface area contributed by atoms with Crippen molar-refractivity contribution in [3.05, 3.63) is 46.6 Å². The van der Waals surface area contributed by atoms with Gasteiger partial charge in [0.05, 0.1) is 0 Å². The third-order valence-corrected chi connectivity index (χ3v) is 2.71. The van der Waals surface area contributed by atoms with E-state index in [9.17, 15) is 4.79 Å². The molecule has 1 amide bonds. The molecule has 106 valence electrons. The first-order valence-corrected chi connectivity index (χ1v) is 6.79. The molecule has 0 atom stereocenters. The predicted octanol–water partition coefficient (Wildman–Crippen LogP) is 2.40. The zero-order valence-corrected chi connectivity index (χ0v) is 12.4. The molecule has 0 heterocycles. The lowest BCUT2D eigenvalue weighted by Crippen LogP contribution is -2.31. The van der Waals surface area contributed by atoms with Gasteiger partial charge in [0, 0.05) is 23.8 Å². The van der Waals surface area contributed by atoms with Crippen LogP contribution in [0.1, 0.15) is 19.4 Å². The number of nitrogens with one attached hydrogen (secondary N) is 2. The summed E-state index contributed by atoms with van der Waals surface area (Å²) in [6.07, 6.45) is 2.21. The molecule has 4 nitrogen and oxygen atoms in total. The van der Waals surface area contributed by atoms with E-state index in [1.165, 1.54) is 6.20 Å². The van der Waals surface area contributed by atoms with E-state index in [4.69, 9.17) is 16.9 Å². The summed E-state index contributed by atoms with van der Waals surface area (Å²) in [5.74, 6) is -0.363. The van der Waals surface area contributed by atoms with E-state index in [0.717, 1.165) is 12.0 Å². The van der Waals surface area contributed by atoms with E-state index < -0.39 is 0 Å². The maximum atomic E-state index is 11.6. The second-order valence-electron chi connectivity index (χ2n) is 4.63. The molecule has 0 unspecified atom stereocenters. The van der Waals surface area contributed by atoms with Gasteiger partial charge in [-0.05, 0) is 38.0 Å². The Morgan fingerprint density at radius 2 is 2.25 bits per heavy atom. The Labute approximate surface area is 124 Å². The lowest BCUT2D eigenvalue weighted by Gasteiger charge is -2.07. The average Bonchev–Trinajstić information content (AvgIpc) is 2.38. The summed E-state index contributed by atoms with van der Waals surface area (Å²) in [5, 5.41) is 15.3. The van der Waals surface area contributed by atoms with Crippen molar-refractivity contribution in [3.63, 3.8) is 0 Å². The van der Waals surface area contributed by atoms with Gasteiger partial charge in [-0.15, -0.1) is 0 Å². The quantitative estimate of drug-likeness (QED) is 0.480. The van der Waals surface area contributed by atoms with Gasteiger partial charge in [-0.25, -0.2) is 0 Å². The zero-order chi connectivity index (χ0) is 15.0. The molecule has 1 rings (SSSR count). The fourth-order valence-electron chi connectivity index (χ4n) is 1.57. The van der Waals surface area contributed by atoms with Crippen LogP contribution in [0.15, 0.2) is 36.0 Å². The van der Waals surface area contributed by atoms with Gasteiger partial charge in [0.1, 0.15) is 11.6 Å². The summed E-state index contributed by atoms with van der Waals surface area (Å²) < 4.78 is 0. The van der Waals surface area contributed by atoms with Gasteiger partial charge in [-0.2, -0.15) is 5.26 Å². The molecular weight excluding hydrogens is 274 g/mol. The first-order chi connectivity index (χ1) is 9.52. The molecule has 0 aliphatic heterocycles. The highest BCUT2D eigenvalue weighted by atomic mass is 35.5. The molecule has 2 N–H and O–H groups in total. The van der Waals surface area contributed by atoms with Crippen LogP contribution >= 0.6 is 11.6 Å². The Bertz CT molecular complexity index is 532. The van der Waals surface area contributed by atoms with Crippen LogP contribution in [0.3, 0.4) is 0 Å². The summed E-state index contributed by atoms with van der Waals surface area (Å²) in [4.78, 5) is 11.6. The van der Waals surface area contributed by atoms with Crippen LogP contribution in [0.25, 0.3) is 0 Å². The average molecular weight is 292 g/mol. The number of nitriles is 1. The van der Waals surface area contributed by atoms with Crippen molar-refractivity contribution in [2.75, 3.05) is 6.54 Å². The van der Waals surface area contributed by atoms with Crippen LogP contribution in [-0.4, -0.2) is 18.5 Å². The number of amides is 1. The van der Waals surface area contributed by atoms with Crippen molar-refractivity contribution in [1.82, 2.24) is 10.6 Å². The second-order valence-corrected chi connectivity index (χ2v) is 5.07. The zero-order valence-electron chi connectivity index (χ0n) is 11.6. The van der Waals surface area contributed by atoms with E-state index in [1.54, 1.807) is 0 Å². The van der Waals surface area contributed by atoms with Crippen molar-refractivity contribution in [3.8, 4) is 6.07 Å². The van der Waals surface area contributed by atoms with Crippen LogP contribution in [-0.2, 0) is 11.2 Å². The van der Waals surface area contributed by atoms with Crippen LogP contribution in [0, 0.1) is 11.3 Å². The molecule has 0 spiro atoms. The standard InChI is InChI=1S/C15H18ClN3O/c1-11(2)19-15(20)13(9-17)10-18-7-6-12-4-3-5-14(16)8-12/h3-5,8,10-11,18H,6-7H2,1-2H3,(H,19,20)/b13-10-. The number of halogens is 1. The van der Waals surface area contributed by atoms with E-state index in [1.807, 2.05) is 44.2 Å². The third-order valence-electron chi connectivity index (χ3n) is 2.48. The molecule has 0 saturated heterocycles. The van der Waals surface area contributed by atoms with Gasteiger partial charge in [0.15, 0.2) is 0 Å². The summed E-state index contributed by atoms with van der Waals surface area (Å²) in [7, 11) is 0. The predicted molar refractivity (Wildman–Crippen MR) is 80.1 cm³/mol. The number of carbonyl (C=O) groups excluding carboxylic acids is 1. The first-order valence-electron chi connectivity index (χ1n) is 6.42. The molecule has 0 aliphatic rings. The van der Waals surface area contributed by atoms with Gasteiger partial charge in [0.2, 0.25) is 0 Å².